The van der Waals surface area contributed by atoms with Gasteiger partial charge in [-0.3, -0.25) is 9.69 Å². The average Bonchev–Trinajstić information content (AvgIpc) is 2.92. The Morgan fingerprint density at radius 2 is 2.16 bits per heavy atom. The van der Waals surface area contributed by atoms with Gasteiger partial charge in [-0.25, -0.2) is 0 Å². The fourth-order valence-electron chi connectivity index (χ4n) is 2.29. The van der Waals surface area contributed by atoms with Gasteiger partial charge in [0.15, 0.2) is 0 Å². The molecule has 1 saturated heterocycles. The Hall–Kier alpha value is -1.33. The van der Waals surface area contributed by atoms with Crippen molar-refractivity contribution in [3.63, 3.8) is 0 Å². The van der Waals surface area contributed by atoms with Crippen LogP contribution in [0.3, 0.4) is 0 Å². The van der Waals surface area contributed by atoms with E-state index in [9.17, 15) is 4.79 Å². The average molecular weight is 265 g/mol. The minimum atomic E-state index is -0.0506. The lowest BCUT2D eigenvalue weighted by atomic mass is 10.2. The number of likely N-dealkylation sites (N-methyl/N-ethyl adjacent to an activating group) is 1. The van der Waals surface area contributed by atoms with Gasteiger partial charge in [-0.15, -0.1) is 0 Å². The molecule has 1 fully saturated rings. The molecular formula is C14H23N3O2. The number of furan rings is 1. The first kappa shape index (κ1) is 14.1. The Morgan fingerprint density at radius 3 is 2.79 bits per heavy atom. The van der Waals surface area contributed by atoms with Gasteiger partial charge in [0.05, 0.1) is 12.3 Å². The summed E-state index contributed by atoms with van der Waals surface area (Å²) in [5.41, 5.74) is 0. The minimum Gasteiger partial charge on any atom is -0.469 e. The highest BCUT2D eigenvalue weighted by Gasteiger charge is 2.23. The zero-order valence-electron chi connectivity index (χ0n) is 11.8. The van der Waals surface area contributed by atoms with E-state index in [0.29, 0.717) is 6.54 Å². The van der Waals surface area contributed by atoms with Gasteiger partial charge < -0.3 is 14.6 Å². The highest BCUT2D eigenvalue weighted by atomic mass is 16.3. The molecule has 2 rings (SSSR count). The molecule has 0 radical (unpaired) electrons. The monoisotopic (exact) mass is 265 g/mol. The molecule has 1 atom stereocenters. The normalized spacial score (nSPS) is 19.3. The molecular weight excluding hydrogens is 242 g/mol. The van der Waals surface area contributed by atoms with E-state index in [4.69, 9.17) is 4.42 Å². The first-order valence-corrected chi connectivity index (χ1v) is 6.89. The molecule has 2 heterocycles. The second kappa shape index (κ2) is 6.73. The topological polar surface area (TPSA) is 48.7 Å². The predicted octanol–water partition coefficient (Wildman–Crippen LogP) is 0.574. The second-order valence-electron chi connectivity index (χ2n) is 5.14. The number of hydrogen-bond donors (Lipinski definition) is 1. The molecule has 1 aromatic rings. The number of piperazine rings is 1. The Morgan fingerprint density at radius 1 is 1.42 bits per heavy atom. The minimum absolute atomic E-state index is 0.0506. The molecule has 106 valence electrons. The third kappa shape index (κ3) is 4.08. The van der Waals surface area contributed by atoms with Crippen molar-refractivity contribution in [3.8, 4) is 0 Å². The summed E-state index contributed by atoms with van der Waals surface area (Å²) in [5, 5.41) is 2.98. The summed E-state index contributed by atoms with van der Waals surface area (Å²) >= 11 is 0. The van der Waals surface area contributed by atoms with Crippen LogP contribution in [0.15, 0.2) is 22.8 Å². The lowest BCUT2D eigenvalue weighted by Crippen LogP contribution is -2.53. The van der Waals surface area contributed by atoms with Gasteiger partial charge in [0, 0.05) is 39.1 Å². The van der Waals surface area contributed by atoms with Gasteiger partial charge in [-0.1, -0.05) is 0 Å². The molecule has 1 aromatic heterocycles. The number of hydrogen-bond acceptors (Lipinski definition) is 4. The van der Waals surface area contributed by atoms with Crippen LogP contribution in [0.2, 0.25) is 0 Å². The fraction of sp³-hybridized carbons (Fsp3) is 0.643. The van der Waals surface area contributed by atoms with Gasteiger partial charge in [0.2, 0.25) is 5.91 Å². The van der Waals surface area contributed by atoms with Crippen molar-refractivity contribution in [2.45, 2.75) is 19.4 Å². The largest absolute Gasteiger partial charge is 0.469 e. The van der Waals surface area contributed by atoms with Crippen molar-refractivity contribution in [2.24, 2.45) is 0 Å². The van der Waals surface area contributed by atoms with E-state index in [1.165, 1.54) is 0 Å². The van der Waals surface area contributed by atoms with E-state index in [2.05, 4.69) is 22.2 Å². The van der Waals surface area contributed by atoms with Crippen molar-refractivity contribution >= 4 is 5.91 Å². The molecule has 0 unspecified atom stereocenters. The Labute approximate surface area is 114 Å². The van der Waals surface area contributed by atoms with E-state index in [1.54, 1.807) is 6.26 Å². The number of carbonyl (C=O) groups is 1. The molecule has 19 heavy (non-hydrogen) atoms. The molecule has 1 aliphatic rings. The third-order valence-corrected chi connectivity index (χ3v) is 3.72. The zero-order valence-corrected chi connectivity index (χ0v) is 11.8. The lowest BCUT2D eigenvalue weighted by Gasteiger charge is -2.35. The molecule has 5 heteroatoms. The number of carbonyl (C=O) groups excluding carboxylic acids is 1. The van der Waals surface area contributed by atoms with Gasteiger partial charge in [0.1, 0.15) is 5.76 Å². The van der Waals surface area contributed by atoms with E-state index in [1.807, 2.05) is 19.1 Å². The Bertz CT molecular complexity index is 383. The van der Waals surface area contributed by atoms with Gasteiger partial charge in [0.25, 0.3) is 0 Å². The van der Waals surface area contributed by atoms with Crippen LogP contribution in [0.4, 0.5) is 0 Å². The van der Waals surface area contributed by atoms with Crippen LogP contribution in [0.25, 0.3) is 0 Å². The molecule has 0 spiro atoms. The fourth-order valence-corrected chi connectivity index (χ4v) is 2.29. The quantitative estimate of drug-likeness (QED) is 0.846. The summed E-state index contributed by atoms with van der Waals surface area (Å²) in [4.78, 5) is 16.6. The van der Waals surface area contributed by atoms with Gasteiger partial charge >= 0.3 is 0 Å². The number of amides is 1. The Kier molecular flexibility index (Phi) is 4.99. The molecule has 1 N–H and O–H groups in total. The van der Waals surface area contributed by atoms with Crippen LogP contribution >= 0.6 is 0 Å². The third-order valence-electron chi connectivity index (χ3n) is 3.72. The van der Waals surface area contributed by atoms with Crippen molar-refractivity contribution < 1.29 is 9.21 Å². The maximum atomic E-state index is 12.1. The van der Waals surface area contributed by atoms with Crippen LogP contribution in [0.5, 0.6) is 0 Å². The first-order chi connectivity index (χ1) is 9.16. The molecule has 0 saturated carbocycles. The number of rotatable bonds is 5. The van der Waals surface area contributed by atoms with Crippen LogP contribution in [-0.2, 0) is 11.2 Å². The summed E-state index contributed by atoms with van der Waals surface area (Å²) in [7, 11) is 2.12. The van der Waals surface area contributed by atoms with Crippen LogP contribution < -0.4 is 5.32 Å². The number of nitrogens with zero attached hydrogens (tertiary/aromatic N) is 2. The van der Waals surface area contributed by atoms with Crippen molar-refractivity contribution in [2.75, 3.05) is 39.8 Å². The molecule has 5 nitrogen and oxygen atoms in total. The molecule has 0 bridgehead atoms. The smallest absolute Gasteiger partial charge is 0.237 e. The molecule has 1 amide bonds. The van der Waals surface area contributed by atoms with Crippen molar-refractivity contribution in [1.82, 2.24) is 15.1 Å². The Balaban J connectivity index is 1.70. The highest BCUT2D eigenvalue weighted by molar-refractivity contribution is 5.81. The SMILES string of the molecule is C[C@H](C(=O)NCCc1ccco1)N1CCN(C)CC1. The molecule has 0 aromatic carbocycles. The maximum Gasteiger partial charge on any atom is 0.237 e. The number of nitrogens with one attached hydrogen (secondary N) is 1. The molecule has 0 aliphatic carbocycles. The molecule has 1 aliphatic heterocycles. The van der Waals surface area contributed by atoms with Crippen molar-refractivity contribution in [3.05, 3.63) is 24.2 Å². The second-order valence-corrected chi connectivity index (χ2v) is 5.14. The van der Waals surface area contributed by atoms with E-state index >= 15 is 0 Å². The van der Waals surface area contributed by atoms with Gasteiger partial charge in [-0.2, -0.15) is 0 Å². The summed E-state index contributed by atoms with van der Waals surface area (Å²) < 4.78 is 5.24. The van der Waals surface area contributed by atoms with Crippen LogP contribution in [0, 0.1) is 0 Å². The van der Waals surface area contributed by atoms with E-state index < -0.39 is 0 Å². The van der Waals surface area contributed by atoms with Crippen LogP contribution in [-0.4, -0.2) is 61.5 Å². The summed E-state index contributed by atoms with van der Waals surface area (Å²) in [6.45, 7) is 6.60. The van der Waals surface area contributed by atoms with E-state index in [0.717, 1.165) is 38.4 Å². The highest BCUT2D eigenvalue weighted by Crippen LogP contribution is 2.05. The summed E-state index contributed by atoms with van der Waals surface area (Å²) in [6.07, 6.45) is 2.40. The van der Waals surface area contributed by atoms with Crippen molar-refractivity contribution in [1.29, 1.82) is 0 Å². The first-order valence-electron chi connectivity index (χ1n) is 6.89. The van der Waals surface area contributed by atoms with E-state index in [-0.39, 0.29) is 11.9 Å². The standard InChI is InChI=1S/C14H23N3O2/c1-12(17-9-7-16(2)8-10-17)14(18)15-6-5-13-4-3-11-19-13/h3-4,11-12H,5-10H2,1-2H3,(H,15,18)/t12-/m1/s1. The zero-order chi connectivity index (χ0) is 13.7. The predicted molar refractivity (Wildman–Crippen MR) is 74.0 cm³/mol. The van der Waals surface area contributed by atoms with Crippen LogP contribution in [0.1, 0.15) is 12.7 Å². The lowest BCUT2D eigenvalue weighted by molar-refractivity contribution is -0.126. The van der Waals surface area contributed by atoms with Gasteiger partial charge in [-0.05, 0) is 26.1 Å². The maximum absolute atomic E-state index is 12.1. The summed E-state index contributed by atoms with van der Waals surface area (Å²) in [5.74, 6) is 1.02. The summed E-state index contributed by atoms with van der Waals surface area (Å²) in [6, 6.07) is 3.74.